The Morgan fingerprint density at radius 1 is 1.04 bits per heavy atom. The molecule has 4 nitrogen and oxygen atoms in total. The predicted molar refractivity (Wildman–Crippen MR) is 99.0 cm³/mol. The summed E-state index contributed by atoms with van der Waals surface area (Å²) in [6, 6.07) is 5.69. The van der Waals surface area contributed by atoms with Crippen LogP contribution in [-0.2, 0) is 14.6 Å². The Kier molecular flexibility index (Phi) is 4.01. The number of ketones is 1. The Morgan fingerprint density at radius 2 is 1.83 bits per heavy atom. The summed E-state index contributed by atoms with van der Waals surface area (Å²) in [6.45, 7) is 0. The van der Waals surface area contributed by atoms with Gasteiger partial charge in [0.25, 0.3) is 0 Å². The molecule has 0 fully saturated rings. The molecular weight excluding hydrogens is 458 g/mol. The van der Waals surface area contributed by atoms with Crippen LogP contribution in [0.15, 0.2) is 49.0 Å². The highest BCUT2D eigenvalue weighted by molar-refractivity contribution is 9.13. The molecule has 1 atom stereocenters. The largest absolute Gasteiger partial charge is 0.361 e. The first-order valence-electron chi connectivity index (χ1n) is 7.82. The second-order valence-electron chi connectivity index (χ2n) is 6.31. The van der Waals surface area contributed by atoms with Crippen molar-refractivity contribution in [1.29, 1.82) is 0 Å². The molecule has 1 aromatic rings. The summed E-state index contributed by atoms with van der Waals surface area (Å²) >= 11 is 6.93. The summed E-state index contributed by atoms with van der Waals surface area (Å²) in [5.74, 6) is -0.310. The normalized spacial score (nSPS) is 25.4. The molecule has 0 spiro atoms. The highest BCUT2D eigenvalue weighted by atomic mass is 79.9. The number of rotatable bonds is 1. The van der Waals surface area contributed by atoms with Crippen molar-refractivity contribution in [2.75, 3.05) is 5.75 Å². The first-order valence-corrected chi connectivity index (χ1v) is 11.1. The lowest BCUT2D eigenvalue weighted by atomic mass is 9.79. The van der Waals surface area contributed by atoms with E-state index in [-0.39, 0.29) is 11.5 Å². The van der Waals surface area contributed by atoms with E-state index in [0.29, 0.717) is 23.3 Å². The third kappa shape index (κ3) is 2.52. The van der Waals surface area contributed by atoms with E-state index in [9.17, 15) is 13.2 Å². The zero-order valence-corrected chi connectivity index (χ0v) is 16.7. The van der Waals surface area contributed by atoms with Crippen LogP contribution in [0.4, 0.5) is 0 Å². The van der Waals surface area contributed by atoms with Crippen molar-refractivity contribution >= 4 is 47.5 Å². The number of dihydropyridines is 1. The smallest absolute Gasteiger partial charge is 0.177 e. The van der Waals surface area contributed by atoms with E-state index in [4.69, 9.17) is 0 Å². The van der Waals surface area contributed by atoms with Crippen LogP contribution in [0.5, 0.6) is 0 Å². The van der Waals surface area contributed by atoms with Gasteiger partial charge in [0, 0.05) is 38.8 Å². The highest BCUT2D eigenvalue weighted by Gasteiger charge is 2.44. The lowest BCUT2D eigenvalue weighted by Crippen LogP contribution is -2.32. The minimum absolute atomic E-state index is 0.0569. The second-order valence-corrected chi connectivity index (χ2v) is 10.1. The lowest BCUT2D eigenvalue weighted by molar-refractivity contribution is -0.116. The number of carbonyl (C=O) groups excluding carboxylic acids is 1. The third-order valence-electron chi connectivity index (χ3n) is 4.84. The van der Waals surface area contributed by atoms with Gasteiger partial charge in [-0.15, -0.1) is 0 Å². The first-order chi connectivity index (χ1) is 11.4. The summed E-state index contributed by atoms with van der Waals surface area (Å²) < 4.78 is 27.1. The van der Waals surface area contributed by atoms with Crippen molar-refractivity contribution in [1.82, 2.24) is 5.32 Å². The predicted octanol–water partition coefficient (Wildman–Crippen LogP) is 3.94. The van der Waals surface area contributed by atoms with Gasteiger partial charge in [-0.3, -0.25) is 4.79 Å². The molecule has 126 valence electrons. The van der Waals surface area contributed by atoms with Gasteiger partial charge < -0.3 is 5.32 Å². The lowest BCUT2D eigenvalue weighted by Gasteiger charge is -2.33. The zero-order chi connectivity index (χ0) is 17.1. The standard InChI is InChI=1S/C17H15Br2NO3S/c18-10-5-4-9(8-11(10)19)15-16-12(2-1-3-14(16)21)20-13-6-7-24(22,23)17(13)15/h4-5,8,15,20H,1-3,6-7H2. The number of allylic oxidation sites excluding steroid dienone is 4. The minimum atomic E-state index is -3.34. The van der Waals surface area contributed by atoms with E-state index < -0.39 is 15.8 Å². The maximum atomic E-state index is 12.7. The van der Waals surface area contributed by atoms with Crippen LogP contribution in [0.2, 0.25) is 0 Å². The molecule has 4 rings (SSSR count). The van der Waals surface area contributed by atoms with Crippen molar-refractivity contribution in [3.05, 3.63) is 54.6 Å². The van der Waals surface area contributed by atoms with Gasteiger partial charge in [0.15, 0.2) is 15.6 Å². The van der Waals surface area contributed by atoms with Crippen molar-refractivity contribution < 1.29 is 13.2 Å². The fourth-order valence-electron chi connectivity index (χ4n) is 3.79. The van der Waals surface area contributed by atoms with Gasteiger partial charge in [-0.1, -0.05) is 6.07 Å². The summed E-state index contributed by atoms with van der Waals surface area (Å²) in [6.07, 6.45) is 2.59. The number of carbonyl (C=O) groups is 1. The quantitative estimate of drug-likeness (QED) is 0.672. The van der Waals surface area contributed by atoms with E-state index >= 15 is 0 Å². The number of sulfone groups is 1. The number of Topliss-reactive ketones (excluding diaryl/α,β-unsaturated/α-hetero) is 1. The summed E-state index contributed by atoms with van der Waals surface area (Å²) in [5.41, 5.74) is 3.16. The highest BCUT2D eigenvalue weighted by Crippen LogP contribution is 2.48. The Morgan fingerprint density at radius 3 is 2.58 bits per heavy atom. The molecule has 1 unspecified atom stereocenters. The van der Waals surface area contributed by atoms with Gasteiger partial charge >= 0.3 is 0 Å². The molecule has 1 N–H and O–H groups in total. The van der Waals surface area contributed by atoms with Crippen LogP contribution in [0, 0.1) is 0 Å². The molecule has 1 aromatic carbocycles. The number of halogens is 2. The molecule has 0 saturated heterocycles. The summed E-state index contributed by atoms with van der Waals surface area (Å²) in [7, 11) is -3.34. The third-order valence-corrected chi connectivity index (χ3v) is 8.61. The van der Waals surface area contributed by atoms with E-state index in [2.05, 4.69) is 37.2 Å². The second kappa shape index (κ2) is 5.81. The van der Waals surface area contributed by atoms with E-state index in [1.807, 2.05) is 18.2 Å². The molecule has 3 aliphatic rings. The van der Waals surface area contributed by atoms with Crippen LogP contribution < -0.4 is 5.32 Å². The molecule has 0 bridgehead atoms. The topological polar surface area (TPSA) is 63.2 Å². The van der Waals surface area contributed by atoms with Crippen LogP contribution in [-0.4, -0.2) is 20.0 Å². The van der Waals surface area contributed by atoms with E-state index in [1.54, 1.807) is 0 Å². The maximum Gasteiger partial charge on any atom is 0.177 e. The summed E-state index contributed by atoms with van der Waals surface area (Å²) in [5, 5.41) is 3.27. The van der Waals surface area contributed by atoms with Crippen molar-refractivity contribution in [3.8, 4) is 0 Å². The summed E-state index contributed by atoms with van der Waals surface area (Å²) in [4.78, 5) is 13.0. The van der Waals surface area contributed by atoms with Gasteiger partial charge in [-0.25, -0.2) is 8.42 Å². The molecule has 2 heterocycles. The Hall–Kier alpha value is -0.920. The number of nitrogens with one attached hydrogen (secondary N) is 1. The number of hydrogen-bond acceptors (Lipinski definition) is 4. The average molecular weight is 473 g/mol. The molecule has 0 saturated carbocycles. The average Bonchev–Trinajstić information content (AvgIpc) is 2.84. The maximum absolute atomic E-state index is 12.7. The molecule has 0 radical (unpaired) electrons. The van der Waals surface area contributed by atoms with Gasteiger partial charge in [-0.2, -0.15) is 0 Å². The molecule has 2 aliphatic heterocycles. The SMILES string of the molecule is O=C1CCCC2=C1C(c1ccc(Br)c(Br)c1)C1=C(CCS1(=O)=O)N2. The molecule has 0 aromatic heterocycles. The van der Waals surface area contributed by atoms with Gasteiger partial charge in [0.1, 0.15) is 0 Å². The Labute approximate surface area is 157 Å². The molecule has 7 heteroatoms. The molecule has 24 heavy (non-hydrogen) atoms. The minimum Gasteiger partial charge on any atom is -0.361 e. The van der Waals surface area contributed by atoms with Crippen molar-refractivity contribution in [3.63, 3.8) is 0 Å². The molecule has 1 aliphatic carbocycles. The van der Waals surface area contributed by atoms with E-state index in [0.717, 1.165) is 38.7 Å². The van der Waals surface area contributed by atoms with Gasteiger partial charge in [0.05, 0.1) is 16.6 Å². The number of benzene rings is 1. The van der Waals surface area contributed by atoms with Crippen LogP contribution >= 0.6 is 31.9 Å². The fourth-order valence-corrected chi connectivity index (χ4v) is 6.26. The fraction of sp³-hybridized carbons (Fsp3) is 0.353. The zero-order valence-electron chi connectivity index (χ0n) is 12.7. The first kappa shape index (κ1) is 16.5. The Balaban J connectivity index is 1.96. The van der Waals surface area contributed by atoms with Crippen molar-refractivity contribution in [2.45, 2.75) is 31.6 Å². The van der Waals surface area contributed by atoms with Gasteiger partial charge in [-0.05, 0) is 62.4 Å². The van der Waals surface area contributed by atoms with Crippen LogP contribution in [0.3, 0.4) is 0 Å². The monoisotopic (exact) mass is 471 g/mol. The number of hydrogen-bond donors (Lipinski definition) is 1. The van der Waals surface area contributed by atoms with E-state index in [1.165, 1.54) is 0 Å². The molecular formula is C17H15Br2NO3S. The van der Waals surface area contributed by atoms with Crippen molar-refractivity contribution in [2.24, 2.45) is 0 Å². The molecule has 0 amide bonds. The Bertz CT molecular complexity index is 931. The van der Waals surface area contributed by atoms with Crippen LogP contribution in [0.1, 0.15) is 37.2 Å². The van der Waals surface area contributed by atoms with Crippen LogP contribution in [0.25, 0.3) is 0 Å². The van der Waals surface area contributed by atoms with Gasteiger partial charge in [0.2, 0.25) is 0 Å².